The number of rotatable bonds is 6. The molecule has 6 nitrogen and oxygen atoms in total. The van der Waals surface area contributed by atoms with E-state index in [1.807, 2.05) is 42.5 Å². The lowest BCUT2D eigenvalue weighted by Gasteiger charge is -2.17. The first-order chi connectivity index (χ1) is 28.8. The average molecular weight is 744 g/mol. The Morgan fingerprint density at radius 2 is 0.931 bits per heavy atom. The molecule has 0 N–H and O–H groups in total. The monoisotopic (exact) mass is 743 g/mol. The Kier molecular flexibility index (Phi) is 7.19. The molecule has 0 amide bonds. The van der Waals surface area contributed by atoms with Gasteiger partial charge >= 0.3 is 0 Å². The van der Waals surface area contributed by atoms with Crippen LogP contribution in [-0.4, -0.2) is 24.1 Å². The first-order valence-electron chi connectivity index (χ1n) is 19.6. The van der Waals surface area contributed by atoms with Gasteiger partial charge in [0.1, 0.15) is 11.4 Å². The summed E-state index contributed by atoms with van der Waals surface area (Å²) in [7, 11) is 0. The van der Waals surface area contributed by atoms with Crippen molar-refractivity contribution in [1.29, 1.82) is 0 Å². The number of aromatic nitrogens is 5. The van der Waals surface area contributed by atoms with Gasteiger partial charge in [-0.2, -0.15) is 0 Å². The van der Waals surface area contributed by atoms with Crippen molar-refractivity contribution in [2.45, 2.75) is 6.42 Å². The van der Waals surface area contributed by atoms with Crippen molar-refractivity contribution >= 4 is 65.6 Å². The van der Waals surface area contributed by atoms with Crippen LogP contribution in [0, 0.1) is 0 Å². The Morgan fingerprint density at radius 3 is 1.57 bits per heavy atom. The van der Waals surface area contributed by atoms with Gasteiger partial charge in [0.05, 0.1) is 27.8 Å². The summed E-state index contributed by atoms with van der Waals surface area (Å²) in [6.07, 6.45) is 0.486. The second-order valence-corrected chi connectivity index (χ2v) is 14.8. The van der Waals surface area contributed by atoms with Gasteiger partial charge in [-0.15, -0.1) is 0 Å². The number of fused-ring (bicyclic) bond motifs is 10. The highest BCUT2D eigenvalue weighted by molar-refractivity contribution is 6.21. The molecule has 4 heterocycles. The SMILES string of the molecule is c1ccc(-c2nc(Cc3ccc(-n4c5ccccc5c5ccc6c7ccccc7oc6c54)cc3-n3c4ccccc4c4ccccc43)nc(-c3ccccc3)n2)cc1. The minimum absolute atomic E-state index is 0.486. The molecule has 0 saturated carbocycles. The maximum atomic E-state index is 6.72. The van der Waals surface area contributed by atoms with E-state index in [0.29, 0.717) is 23.9 Å². The van der Waals surface area contributed by atoms with Crippen molar-refractivity contribution in [2.75, 3.05) is 0 Å². The number of para-hydroxylation sites is 4. The van der Waals surface area contributed by atoms with Crippen LogP contribution in [-0.2, 0) is 6.42 Å². The number of hydrogen-bond acceptors (Lipinski definition) is 4. The molecule has 0 aliphatic rings. The van der Waals surface area contributed by atoms with Crippen LogP contribution in [0.3, 0.4) is 0 Å². The van der Waals surface area contributed by atoms with Crippen molar-refractivity contribution in [1.82, 2.24) is 24.1 Å². The highest BCUT2D eigenvalue weighted by Crippen LogP contribution is 2.41. The lowest BCUT2D eigenvalue weighted by Crippen LogP contribution is -2.07. The molecule has 0 spiro atoms. The fourth-order valence-electron chi connectivity index (χ4n) is 8.83. The summed E-state index contributed by atoms with van der Waals surface area (Å²) >= 11 is 0. The van der Waals surface area contributed by atoms with Gasteiger partial charge in [-0.05, 0) is 48.0 Å². The van der Waals surface area contributed by atoms with Crippen molar-refractivity contribution in [3.63, 3.8) is 0 Å². The fourth-order valence-corrected chi connectivity index (χ4v) is 8.83. The standard InChI is InChI=1S/C52H33N5O/c1-3-15-33(16-4-1)51-53-48(54-52(55-51)34-17-5-2-6-18-34)31-35-27-28-36(32-46(35)57-44-24-12-7-19-37(44)38-20-8-13-25-45(38)57)56-43-23-11-9-21-39(43)41-29-30-42-40-22-10-14-26-47(40)58-50(42)49(41)56/h1-30,32H,31H2. The molecule has 272 valence electrons. The molecule has 0 bridgehead atoms. The molecular formula is C52H33N5O. The van der Waals surface area contributed by atoms with E-state index in [4.69, 9.17) is 19.4 Å². The number of benzene rings is 8. The number of furan rings is 1. The molecular weight excluding hydrogens is 711 g/mol. The first kappa shape index (κ1) is 32.4. The molecule has 58 heavy (non-hydrogen) atoms. The summed E-state index contributed by atoms with van der Waals surface area (Å²) in [6.45, 7) is 0. The van der Waals surface area contributed by atoms with E-state index < -0.39 is 0 Å². The Hall–Kier alpha value is -7.83. The van der Waals surface area contributed by atoms with Crippen LogP contribution >= 0.6 is 0 Å². The molecule has 0 saturated heterocycles. The van der Waals surface area contributed by atoms with Crippen molar-refractivity contribution < 1.29 is 4.42 Å². The third kappa shape index (κ3) is 5.02. The van der Waals surface area contributed by atoms with Gasteiger partial charge < -0.3 is 13.6 Å². The molecule has 12 rings (SSSR count). The van der Waals surface area contributed by atoms with Crippen LogP contribution < -0.4 is 0 Å². The minimum atomic E-state index is 0.486. The van der Waals surface area contributed by atoms with E-state index in [9.17, 15) is 0 Å². The van der Waals surface area contributed by atoms with Crippen LogP contribution in [0.1, 0.15) is 11.4 Å². The molecule has 0 aliphatic heterocycles. The van der Waals surface area contributed by atoms with E-state index >= 15 is 0 Å². The molecule has 0 fully saturated rings. The van der Waals surface area contributed by atoms with Crippen molar-refractivity contribution in [3.8, 4) is 34.2 Å². The lowest BCUT2D eigenvalue weighted by molar-refractivity contribution is 0.671. The number of nitrogens with zero attached hydrogens (tertiary/aromatic N) is 5. The summed E-state index contributed by atoms with van der Waals surface area (Å²) in [5.41, 5.74) is 11.3. The average Bonchev–Trinajstić information content (AvgIpc) is 3.95. The van der Waals surface area contributed by atoms with Gasteiger partial charge in [0.25, 0.3) is 0 Å². The Balaban J connectivity index is 1.14. The van der Waals surface area contributed by atoms with Crippen LogP contribution in [0.25, 0.3) is 99.7 Å². The third-order valence-electron chi connectivity index (χ3n) is 11.4. The van der Waals surface area contributed by atoms with Crippen LogP contribution in [0.5, 0.6) is 0 Å². The zero-order chi connectivity index (χ0) is 38.2. The summed E-state index contributed by atoms with van der Waals surface area (Å²) in [5, 5.41) is 6.94. The molecule has 6 heteroatoms. The highest BCUT2D eigenvalue weighted by atomic mass is 16.3. The van der Waals surface area contributed by atoms with Gasteiger partial charge in [0.2, 0.25) is 0 Å². The highest BCUT2D eigenvalue weighted by Gasteiger charge is 2.22. The Bertz CT molecular complexity index is 3430. The van der Waals surface area contributed by atoms with Crippen LogP contribution in [0.15, 0.2) is 192 Å². The Morgan fingerprint density at radius 1 is 0.414 bits per heavy atom. The van der Waals surface area contributed by atoms with Gasteiger partial charge in [-0.3, -0.25) is 0 Å². The van der Waals surface area contributed by atoms with E-state index in [2.05, 4.69) is 155 Å². The Labute approximate surface area is 332 Å². The first-order valence-corrected chi connectivity index (χ1v) is 19.6. The van der Waals surface area contributed by atoms with Gasteiger partial charge in [-0.1, -0.05) is 146 Å². The van der Waals surface area contributed by atoms with Crippen LogP contribution in [0.2, 0.25) is 0 Å². The smallest absolute Gasteiger partial charge is 0.163 e. The van der Waals surface area contributed by atoms with Crippen LogP contribution in [0.4, 0.5) is 0 Å². The molecule has 0 atom stereocenters. The molecule has 0 radical (unpaired) electrons. The molecule has 8 aromatic carbocycles. The fraction of sp³-hybridized carbons (Fsp3) is 0.0192. The summed E-state index contributed by atoms with van der Waals surface area (Å²) < 4.78 is 11.5. The maximum Gasteiger partial charge on any atom is 0.163 e. The maximum absolute atomic E-state index is 6.72. The predicted octanol–water partition coefficient (Wildman–Crippen LogP) is 12.9. The quantitative estimate of drug-likeness (QED) is 0.170. The summed E-state index contributed by atoms with van der Waals surface area (Å²) in [6, 6.07) is 65.9. The van der Waals surface area contributed by atoms with E-state index in [-0.39, 0.29) is 0 Å². The van der Waals surface area contributed by atoms with Gasteiger partial charge in [0.15, 0.2) is 17.2 Å². The van der Waals surface area contributed by atoms with Crippen molar-refractivity contribution in [3.05, 3.63) is 199 Å². The van der Waals surface area contributed by atoms with Gasteiger partial charge in [-0.25, -0.2) is 15.0 Å². The van der Waals surface area contributed by atoms with E-state index in [0.717, 1.165) is 77.5 Å². The molecule has 0 aliphatic carbocycles. The molecule has 4 aromatic heterocycles. The zero-order valence-electron chi connectivity index (χ0n) is 31.2. The van der Waals surface area contributed by atoms with Crippen molar-refractivity contribution in [2.24, 2.45) is 0 Å². The topological polar surface area (TPSA) is 61.7 Å². The summed E-state index contributed by atoms with van der Waals surface area (Å²) in [4.78, 5) is 15.2. The largest absolute Gasteiger partial charge is 0.454 e. The van der Waals surface area contributed by atoms with Gasteiger partial charge in [0, 0.05) is 55.6 Å². The third-order valence-corrected chi connectivity index (χ3v) is 11.4. The lowest BCUT2D eigenvalue weighted by atomic mass is 10.1. The predicted molar refractivity (Wildman–Crippen MR) is 236 cm³/mol. The minimum Gasteiger partial charge on any atom is -0.454 e. The second kappa shape index (κ2) is 12.9. The normalized spacial score (nSPS) is 11.9. The number of hydrogen-bond donors (Lipinski definition) is 0. The van der Waals surface area contributed by atoms with E-state index in [1.165, 1.54) is 16.2 Å². The van der Waals surface area contributed by atoms with E-state index in [1.54, 1.807) is 0 Å². The molecule has 12 aromatic rings. The zero-order valence-corrected chi connectivity index (χ0v) is 31.2. The second-order valence-electron chi connectivity index (χ2n) is 14.8. The summed E-state index contributed by atoms with van der Waals surface area (Å²) in [5.74, 6) is 2.00. The molecule has 0 unspecified atom stereocenters.